The maximum atomic E-state index is 12.3. The van der Waals surface area contributed by atoms with Crippen molar-refractivity contribution in [3.05, 3.63) is 63.3 Å². The summed E-state index contributed by atoms with van der Waals surface area (Å²) >= 11 is 7.23. The summed E-state index contributed by atoms with van der Waals surface area (Å²) in [5.41, 5.74) is 2.95. The van der Waals surface area contributed by atoms with Crippen LogP contribution in [0.2, 0.25) is 4.34 Å². The van der Waals surface area contributed by atoms with Crippen LogP contribution >= 0.6 is 22.9 Å². The van der Waals surface area contributed by atoms with E-state index in [1.54, 1.807) is 18.3 Å². The minimum Gasteiger partial charge on any atom is -0.496 e. The van der Waals surface area contributed by atoms with E-state index in [-0.39, 0.29) is 5.91 Å². The Morgan fingerprint density at radius 1 is 1.22 bits per heavy atom. The summed E-state index contributed by atoms with van der Waals surface area (Å²) in [5, 5.41) is 5.94. The van der Waals surface area contributed by atoms with Gasteiger partial charge in [0.05, 0.1) is 23.2 Å². The number of benzene rings is 2. The fourth-order valence-electron chi connectivity index (χ4n) is 2.18. The van der Waals surface area contributed by atoms with Crippen LogP contribution in [0.4, 0.5) is 0 Å². The molecule has 0 aliphatic carbocycles. The van der Waals surface area contributed by atoms with Crippen LogP contribution in [0.25, 0.3) is 10.8 Å². The number of carbonyl (C=O) groups excluding carboxylic acids is 1. The molecule has 116 valence electrons. The molecule has 0 aliphatic heterocycles. The summed E-state index contributed by atoms with van der Waals surface area (Å²) in [4.78, 5) is 13.2. The number of carbonyl (C=O) groups is 1. The number of hydrazone groups is 1. The van der Waals surface area contributed by atoms with Crippen molar-refractivity contribution in [1.82, 2.24) is 5.43 Å². The normalized spacial score (nSPS) is 11.0. The Morgan fingerprint density at radius 2 is 1.96 bits per heavy atom. The number of methoxy groups -OCH3 is 1. The molecule has 6 heteroatoms. The van der Waals surface area contributed by atoms with E-state index in [0.29, 0.717) is 15.6 Å². The Morgan fingerprint density at radius 3 is 2.61 bits per heavy atom. The molecule has 1 heterocycles. The average molecular weight is 345 g/mol. The highest BCUT2D eigenvalue weighted by Gasteiger charge is 2.13. The largest absolute Gasteiger partial charge is 0.496 e. The van der Waals surface area contributed by atoms with E-state index < -0.39 is 0 Å². The summed E-state index contributed by atoms with van der Waals surface area (Å²) in [6.45, 7) is 0. The molecule has 3 rings (SSSR count). The molecule has 2 aromatic carbocycles. The summed E-state index contributed by atoms with van der Waals surface area (Å²) in [6, 6.07) is 15.0. The van der Waals surface area contributed by atoms with Crippen molar-refractivity contribution in [3.63, 3.8) is 0 Å². The maximum absolute atomic E-state index is 12.3. The molecule has 0 aliphatic rings. The number of ether oxygens (including phenoxy) is 1. The van der Waals surface area contributed by atoms with Crippen molar-refractivity contribution in [3.8, 4) is 5.75 Å². The first-order valence-corrected chi connectivity index (χ1v) is 8.02. The molecule has 0 saturated carbocycles. The number of halogens is 1. The number of hydrogen-bond acceptors (Lipinski definition) is 4. The molecule has 23 heavy (non-hydrogen) atoms. The zero-order chi connectivity index (χ0) is 16.2. The van der Waals surface area contributed by atoms with Crippen molar-refractivity contribution >= 4 is 45.8 Å². The molecule has 4 nitrogen and oxygen atoms in total. The summed E-state index contributed by atoms with van der Waals surface area (Å²) < 4.78 is 5.99. The summed E-state index contributed by atoms with van der Waals surface area (Å²) in [5.74, 6) is 0.182. The molecule has 0 radical (unpaired) electrons. The molecule has 0 saturated heterocycles. The molecule has 3 aromatic rings. The lowest BCUT2D eigenvalue weighted by atomic mass is 10.1. The fraction of sp³-hybridized carbons (Fsp3) is 0.0588. The topological polar surface area (TPSA) is 50.7 Å². The van der Waals surface area contributed by atoms with Crippen LogP contribution in [0.15, 0.2) is 53.6 Å². The fourth-order valence-corrected chi connectivity index (χ4v) is 3.11. The van der Waals surface area contributed by atoms with Crippen LogP contribution in [0.1, 0.15) is 15.2 Å². The van der Waals surface area contributed by atoms with Gasteiger partial charge in [-0.25, -0.2) is 5.43 Å². The van der Waals surface area contributed by atoms with E-state index in [0.717, 1.165) is 15.6 Å². The predicted octanol–water partition coefficient (Wildman–Crippen LogP) is 4.33. The van der Waals surface area contributed by atoms with Crippen LogP contribution in [0, 0.1) is 0 Å². The van der Waals surface area contributed by atoms with Crippen molar-refractivity contribution in [2.45, 2.75) is 0 Å². The molecular weight excluding hydrogens is 332 g/mol. The Kier molecular flexibility index (Phi) is 4.60. The predicted molar refractivity (Wildman–Crippen MR) is 94.9 cm³/mol. The molecule has 0 fully saturated rings. The van der Waals surface area contributed by atoms with Crippen LogP contribution in [0.5, 0.6) is 5.75 Å². The molecule has 0 unspecified atom stereocenters. The second-order valence-electron chi connectivity index (χ2n) is 4.74. The number of nitrogens with one attached hydrogen (secondary N) is 1. The third kappa shape index (κ3) is 3.52. The SMILES string of the molecule is COc1cc2ccccc2cc1C(=O)NN=Cc1ccc(Cl)s1. The van der Waals surface area contributed by atoms with E-state index in [9.17, 15) is 4.79 Å². The standard InChI is InChI=1S/C17H13ClN2O2S/c1-22-15-9-12-5-3-2-4-11(12)8-14(15)17(21)20-19-10-13-6-7-16(18)23-13/h2-10H,1H3,(H,20,21). The molecule has 1 aromatic heterocycles. The smallest absolute Gasteiger partial charge is 0.275 e. The van der Waals surface area contributed by atoms with E-state index in [2.05, 4.69) is 10.5 Å². The number of thiophene rings is 1. The number of rotatable bonds is 4. The van der Waals surface area contributed by atoms with Crippen LogP contribution < -0.4 is 10.2 Å². The average Bonchev–Trinajstić information content (AvgIpc) is 2.98. The Labute approximate surface area is 142 Å². The van der Waals surface area contributed by atoms with Gasteiger partial charge in [-0.05, 0) is 35.0 Å². The quantitative estimate of drug-likeness (QED) is 0.565. The second-order valence-corrected chi connectivity index (χ2v) is 6.49. The van der Waals surface area contributed by atoms with E-state index in [1.165, 1.54) is 18.4 Å². The van der Waals surface area contributed by atoms with Gasteiger partial charge in [0.2, 0.25) is 0 Å². The molecule has 0 bridgehead atoms. The number of fused-ring (bicyclic) bond motifs is 1. The summed E-state index contributed by atoms with van der Waals surface area (Å²) in [6.07, 6.45) is 1.56. The maximum Gasteiger partial charge on any atom is 0.275 e. The van der Waals surface area contributed by atoms with Gasteiger partial charge in [0.15, 0.2) is 0 Å². The lowest BCUT2D eigenvalue weighted by Crippen LogP contribution is -2.18. The van der Waals surface area contributed by atoms with Gasteiger partial charge in [-0.3, -0.25) is 4.79 Å². The summed E-state index contributed by atoms with van der Waals surface area (Å²) in [7, 11) is 1.54. The van der Waals surface area contributed by atoms with Gasteiger partial charge in [0.1, 0.15) is 5.75 Å². The first kappa shape index (κ1) is 15.5. The highest BCUT2D eigenvalue weighted by atomic mass is 35.5. The minimum absolute atomic E-state index is 0.327. The zero-order valence-corrected chi connectivity index (χ0v) is 13.8. The minimum atomic E-state index is -0.327. The molecule has 1 N–H and O–H groups in total. The van der Waals surface area contributed by atoms with Gasteiger partial charge >= 0.3 is 0 Å². The highest BCUT2D eigenvalue weighted by molar-refractivity contribution is 7.17. The number of amides is 1. The molecule has 0 atom stereocenters. The first-order valence-electron chi connectivity index (χ1n) is 6.83. The monoisotopic (exact) mass is 344 g/mol. The highest BCUT2D eigenvalue weighted by Crippen LogP contribution is 2.26. The third-order valence-corrected chi connectivity index (χ3v) is 4.43. The van der Waals surface area contributed by atoms with Gasteiger partial charge in [-0.1, -0.05) is 35.9 Å². The third-order valence-electron chi connectivity index (χ3n) is 3.26. The van der Waals surface area contributed by atoms with Crippen molar-refractivity contribution in [2.75, 3.05) is 7.11 Å². The van der Waals surface area contributed by atoms with Crippen molar-refractivity contribution in [2.24, 2.45) is 5.10 Å². The van der Waals surface area contributed by atoms with Crippen molar-refractivity contribution in [1.29, 1.82) is 0 Å². The van der Waals surface area contributed by atoms with Crippen molar-refractivity contribution < 1.29 is 9.53 Å². The number of hydrogen-bond donors (Lipinski definition) is 1. The van der Waals surface area contributed by atoms with E-state index in [4.69, 9.17) is 16.3 Å². The molecule has 1 amide bonds. The Hall–Kier alpha value is -2.37. The second kappa shape index (κ2) is 6.81. The van der Waals surface area contributed by atoms with Gasteiger partial charge in [-0.2, -0.15) is 5.10 Å². The Bertz CT molecular complexity index is 889. The lowest BCUT2D eigenvalue weighted by molar-refractivity contribution is 0.0952. The molecule has 0 spiro atoms. The Balaban J connectivity index is 1.83. The number of nitrogens with zero attached hydrogens (tertiary/aromatic N) is 1. The molecular formula is C17H13ClN2O2S. The zero-order valence-electron chi connectivity index (χ0n) is 12.2. The van der Waals surface area contributed by atoms with Gasteiger partial charge in [0.25, 0.3) is 5.91 Å². The van der Waals surface area contributed by atoms with Crippen LogP contribution in [-0.2, 0) is 0 Å². The first-order chi connectivity index (χ1) is 11.2. The van der Waals surface area contributed by atoms with E-state index >= 15 is 0 Å². The van der Waals surface area contributed by atoms with Gasteiger partial charge < -0.3 is 4.74 Å². The van der Waals surface area contributed by atoms with Crippen LogP contribution in [-0.4, -0.2) is 19.2 Å². The van der Waals surface area contributed by atoms with E-state index in [1.807, 2.05) is 36.4 Å². The van der Waals surface area contributed by atoms with Crippen LogP contribution in [0.3, 0.4) is 0 Å². The van der Waals surface area contributed by atoms with Gasteiger partial charge in [-0.15, -0.1) is 11.3 Å². The van der Waals surface area contributed by atoms with Gasteiger partial charge in [0, 0.05) is 4.88 Å². The lowest BCUT2D eigenvalue weighted by Gasteiger charge is -2.09.